The van der Waals surface area contributed by atoms with Crippen LogP contribution >= 0.6 is 15.9 Å². The summed E-state index contributed by atoms with van der Waals surface area (Å²) in [6.07, 6.45) is 1.58. The molecule has 0 aliphatic heterocycles. The Hall–Kier alpha value is -1.92. The average molecular weight is 351 g/mol. The van der Waals surface area contributed by atoms with Crippen LogP contribution in [0.1, 0.15) is 10.5 Å². The Morgan fingerprint density at radius 3 is 2.57 bits per heavy atom. The molecule has 21 heavy (non-hydrogen) atoms. The number of methoxy groups -OCH3 is 1. The third kappa shape index (κ3) is 4.84. The molecule has 0 aliphatic rings. The standard InChI is InChI=1S/C15H15BrN2O3/c1-20-8-9-21-13-5-3-12(4-6-13)18-15(19)14-7-2-11(16)10-17-14/h2-7,10H,8-9H2,1H3,(H,18,19). The number of ether oxygens (including phenoxy) is 2. The topological polar surface area (TPSA) is 60.5 Å². The van der Waals surface area contributed by atoms with Crippen molar-refractivity contribution in [3.05, 3.63) is 52.8 Å². The van der Waals surface area contributed by atoms with E-state index in [2.05, 4.69) is 26.2 Å². The van der Waals surface area contributed by atoms with Gasteiger partial charge in [-0.2, -0.15) is 0 Å². The van der Waals surface area contributed by atoms with Crippen LogP contribution in [0.2, 0.25) is 0 Å². The van der Waals surface area contributed by atoms with Crippen molar-refractivity contribution in [3.8, 4) is 5.75 Å². The van der Waals surface area contributed by atoms with E-state index in [0.29, 0.717) is 24.6 Å². The van der Waals surface area contributed by atoms with Gasteiger partial charge in [-0.3, -0.25) is 4.79 Å². The summed E-state index contributed by atoms with van der Waals surface area (Å²) >= 11 is 3.28. The van der Waals surface area contributed by atoms with E-state index >= 15 is 0 Å². The van der Waals surface area contributed by atoms with E-state index in [0.717, 1.165) is 10.2 Å². The number of halogens is 1. The highest BCUT2D eigenvalue weighted by molar-refractivity contribution is 9.10. The van der Waals surface area contributed by atoms with E-state index in [1.165, 1.54) is 0 Å². The van der Waals surface area contributed by atoms with E-state index in [-0.39, 0.29) is 5.91 Å². The molecule has 6 heteroatoms. The van der Waals surface area contributed by atoms with Gasteiger partial charge >= 0.3 is 0 Å². The zero-order chi connectivity index (χ0) is 15.1. The number of hydrogen-bond donors (Lipinski definition) is 1. The second-order valence-corrected chi connectivity index (χ2v) is 5.10. The number of nitrogens with zero attached hydrogens (tertiary/aromatic N) is 1. The number of hydrogen-bond acceptors (Lipinski definition) is 4. The Morgan fingerprint density at radius 1 is 1.19 bits per heavy atom. The fourth-order valence-electron chi connectivity index (χ4n) is 1.58. The van der Waals surface area contributed by atoms with Crippen LogP contribution in [0.4, 0.5) is 5.69 Å². The fourth-order valence-corrected chi connectivity index (χ4v) is 1.82. The molecule has 1 heterocycles. The first-order chi connectivity index (χ1) is 10.2. The SMILES string of the molecule is COCCOc1ccc(NC(=O)c2ccc(Br)cn2)cc1. The third-order valence-corrected chi connectivity index (χ3v) is 3.10. The number of benzene rings is 1. The highest BCUT2D eigenvalue weighted by Gasteiger charge is 2.07. The summed E-state index contributed by atoms with van der Waals surface area (Å²) in [7, 11) is 1.62. The van der Waals surface area contributed by atoms with Gasteiger partial charge in [-0.25, -0.2) is 4.98 Å². The molecule has 0 saturated carbocycles. The van der Waals surface area contributed by atoms with Crippen molar-refractivity contribution in [2.45, 2.75) is 0 Å². The Morgan fingerprint density at radius 2 is 1.95 bits per heavy atom. The number of amides is 1. The third-order valence-electron chi connectivity index (χ3n) is 2.63. The molecule has 0 unspecified atom stereocenters. The van der Waals surface area contributed by atoms with Crippen molar-refractivity contribution in [1.29, 1.82) is 0 Å². The van der Waals surface area contributed by atoms with Gasteiger partial charge in [0.15, 0.2) is 0 Å². The van der Waals surface area contributed by atoms with Gasteiger partial charge in [-0.05, 0) is 52.3 Å². The molecule has 0 bridgehead atoms. The van der Waals surface area contributed by atoms with Gasteiger partial charge in [0.25, 0.3) is 5.91 Å². The van der Waals surface area contributed by atoms with E-state index in [4.69, 9.17) is 9.47 Å². The fraction of sp³-hybridized carbons (Fsp3) is 0.200. The lowest BCUT2D eigenvalue weighted by molar-refractivity contribution is 0.102. The van der Waals surface area contributed by atoms with Gasteiger partial charge in [0.2, 0.25) is 0 Å². The second-order valence-electron chi connectivity index (χ2n) is 4.18. The first-order valence-electron chi connectivity index (χ1n) is 6.34. The van der Waals surface area contributed by atoms with Crippen LogP contribution < -0.4 is 10.1 Å². The van der Waals surface area contributed by atoms with Crippen LogP contribution in [0.5, 0.6) is 5.75 Å². The molecule has 1 aromatic carbocycles. The van der Waals surface area contributed by atoms with Gasteiger partial charge in [0, 0.05) is 23.5 Å². The number of carbonyl (C=O) groups excluding carboxylic acids is 1. The van der Waals surface area contributed by atoms with Crippen LogP contribution in [0, 0.1) is 0 Å². The van der Waals surface area contributed by atoms with E-state index in [1.54, 1.807) is 49.7 Å². The maximum Gasteiger partial charge on any atom is 0.274 e. The second kappa shape index (κ2) is 7.75. The molecule has 0 fully saturated rings. The van der Waals surface area contributed by atoms with Crippen LogP contribution in [0.15, 0.2) is 47.1 Å². The predicted molar refractivity (Wildman–Crippen MR) is 83.7 cm³/mol. The number of nitrogens with one attached hydrogen (secondary N) is 1. The molecule has 0 radical (unpaired) electrons. The maximum absolute atomic E-state index is 12.0. The number of pyridine rings is 1. The van der Waals surface area contributed by atoms with E-state index < -0.39 is 0 Å². The van der Waals surface area contributed by atoms with Crippen LogP contribution in [0.25, 0.3) is 0 Å². The summed E-state index contributed by atoms with van der Waals surface area (Å²) in [5.74, 6) is 0.474. The Balaban J connectivity index is 1.93. The van der Waals surface area contributed by atoms with Gasteiger partial charge < -0.3 is 14.8 Å². The molecule has 1 N–H and O–H groups in total. The molecule has 2 rings (SSSR count). The van der Waals surface area contributed by atoms with Crippen molar-refractivity contribution >= 4 is 27.5 Å². The molecular weight excluding hydrogens is 336 g/mol. The zero-order valence-corrected chi connectivity index (χ0v) is 13.1. The lowest BCUT2D eigenvalue weighted by atomic mass is 10.3. The number of carbonyl (C=O) groups is 1. The summed E-state index contributed by atoms with van der Waals surface area (Å²) in [5.41, 5.74) is 1.04. The lowest BCUT2D eigenvalue weighted by Gasteiger charge is -2.08. The van der Waals surface area contributed by atoms with E-state index in [9.17, 15) is 4.79 Å². The molecule has 0 spiro atoms. The van der Waals surface area contributed by atoms with Crippen LogP contribution in [0.3, 0.4) is 0 Å². The largest absolute Gasteiger partial charge is 0.491 e. The minimum atomic E-state index is -0.254. The molecule has 0 saturated heterocycles. The average Bonchev–Trinajstić information content (AvgIpc) is 2.50. The van der Waals surface area contributed by atoms with Crippen molar-refractivity contribution in [2.24, 2.45) is 0 Å². The highest BCUT2D eigenvalue weighted by atomic mass is 79.9. The predicted octanol–water partition coefficient (Wildman–Crippen LogP) is 3.12. The molecule has 0 atom stereocenters. The minimum absolute atomic E-state index is 0.254. The molecule has 1 aromatic heterocycles. The van der Waals surface area contributed by atoms with Crippen LogP contribution in [-0.2, 0) is 4.74 Å². The monoisotopic (exact) mass is 350 g/mol. The first kappa shape index (κ1) is 15.5. The lowest BCUT2D eigenvalue weighted by Crippen LogP contribution is -2.13. The molecule has 5 nitrogen and oxygen atoms in total. The summed E-state index contributed by atoms with van der Waals surface area (Å²) < 4.78 is 11.2. The maximum atomic E-state index is 12.0. The quantitative estimate of drug-likeness (QED) is 0.813. The number of anilines is 1. The normalized spacial score (nSPS) is 10.2. The van der Waals surface area contributed by atoms with Crippen molar-refractivity contribution < 1.29 is 14.3 Å². The van der Waals surface area contributed by atoms with Crippen LogP contribution in [-0.4, -0.2) is 31.2 Å². The van der Waals surface area contributed by atoms with Gasteiger partial charge in [0.05, 0.1) is 6.61 Å². The van der Waals surface area contributed by atoms with Gasteiger partial charge in [-0.15, -0.1) is 0 Å². The van der Waals surface area contributed by atoms with Gasteiger partial charge in [-0.1, -0.05) is 0 Å². The Kier molecular flexibility index (Phi) is 5.71. The Labute approximate surface area is 131 Å². The van der Waals surface area contributed by atoms with E-state index in [1.807, 2.05) is 0 Å². The summed E-state index contributed by atoms with van der Waals surface area (Å²) in [6.45, 7) is 1.03. The van der Waals surface area contributed by atoms with Crippen molar-refractivity contribution in [2.75, 3.05) is 25.6 Å². The smallest absolute Gasteiger partial charge is 0.274 e. The Bertz CT molecular complexity index is 585. The van der Waals surface area contributed by atoms with Crippen molar-refractivity contribution in [3.63, 3.8) is 0 Å². The van der Waals surface area contributed by atoms with Gasteiger partial charge in [0.1, 0.15) is 18.1 Å². The molecule has 2 aromatic rings. The zero-order valence-electron chi connectivity index (χ0n) is 11.5. The molecule has 0 aliphatic carbocycles. The summed E-state index contributed by atoms with van der Waals surface area (Å²) in [5, 5.41) is 2.78. The molecule has 110 valence electrons. The molecule has 1 amide bonds. The van der Waals surface area contributed by atoms with Crippen molar-refractivity contribution in [1.82, 2.24) is 4.98 Å². The number of aromatic nitrogens is 1. The minimum Gasteiger partial charge on any atom is -0.491 e. The number of rotatable bonds is 6. The summed E-state index contributed by atoms with van der Waals surface area (Å²) in [6, 6.07) is 10.6. The first-order valence-corrected chi connectivity index (χ1v) is 7.13. The summed E-state index contributed by atoms with van der Waals surface area (Å²) in [4.78, 5) is 16.0. The molecular formula is C15H15BrN2O3. The highest BCUT2D eigenvalue weighted by Crippen LogP contribution is 2.16.